The largest absolute Gasteiger partial charge is 0.462 e. The summed E-state index contributed by atoms with van der Waals surface area (Å²) in [5.41, 5.74) is 0. The third-order valence-corrected chi connectivity index (χ3v) is 11.8. The molecule has 5 nitrogen and oxygen atoms in total. The molecule has 0 aromatic carbocycles. The number of esters is 2. The molecule has 0 aliphatic heterocycles. The number of allylic oxidation sites excluding steroid dienone is 2. The van der Waals surface area contributed by atoms with Crippen molar-refractivity contribution < 1.29 is 23.8 Å². The first-order valence-corrected chi connectivity index (χ1v) is 26.2. The molecule has 0 amide bonds. The summed E-state index contributed by atoms with van der Waals surface area (Å²) in [5, 5.41) is 0. The summed E-state index contributed by atoms with van der Waals surface area (Å²) >= 11 is 0. The minimum Gasteiger partial charge on any atom is -0.462 e. The maximum absolute atomic E-state index is 12.7. The van der Waals surface area contributed by atoms with E-state index in [4.69, 9.17) is 14.2 Å². The molecule has 0 bridgehead atoms. The molecule has 0 saturated heterocycles. The van der Waals surface area contributed by atoms with Crippen molar-refractivity contribution in [1.82, 2.24) is 0 Å². The molecule has 0 aliphatic carbocycles. The zero-order chi connectivity index (χ0) is 42.1. The average molecular weight is 819 g/mol. The van der Waals surface area contributed by atoms with Crippen molar-refractivity contribution in [1.29, 1.82) is 0 Å². The van der Waals surface area contributed by atoms with Crippen LogP contribution in [0.15, 0.2) is 12.2 Å². The predicted molar refractivity (Wildman–Crippen MR) is 252 cm³/mol. The van der Waals surface area contributed by atoms with Crippen LogP contribution in [0.4, 0.5) is 0 Å². The average Bonchev–Trinajstić information content (AvgIpc) is 3.22. The van der Waals surface area contributed by atoms with Crippen LogP contribution in [0.3, 0.4) is 0 Å². The van der Waals surface area contributed by atoms with E-state index in [1.807, 2.05) is 0 Å². The molecule has 0 heterocycles. The van der Waals surface area contributed by atoms with Crippen LogP contribution < -0.4 is 0 Å². The molecule has 0 aliphatic rings. The van der Waals surface area contributed by atoms with Gasteiger partial charge in [0, 0.05) is 19.4 Å². The van der Waals surface area contributed by atoms with Crippen molar-refractivity contribution >= 4 is 11.9 Å². The van der Waals surface area contributed by atoms with Gasteiger partial charge in [-0.3, -0.25) is 9.59 Å². The van der Waals surface area contributed by atoms with Crippen LogP contribution in [-0.4, -0.2) is 37.9 Å². The number of carbonyl (C=O) groups excluding carboxylic acids is 2. The minimum atomic E-state index is -0.528. The van der Waals surface area contributed by atoms with E-state index in [9.17, 15) is 9.59 Å². The van der Waals surface area contributed by atoms with Gasteiger partial charge in [-0.25, -0.2) is 0 Å². The lowest BCUT2D eigenvalue weighted by atomic mass is 10.0. The number of hydrogen-bond acceptors (Lipinski definition) is 5. The Balaban J connectivity index is 4.04. The molecule has 58 heavy (non-hydrogen) atoms. The minimum absolute atomic E-state index is 0.0892. The van der Waals surface area contributed by atoms with E-state index in [0.717, 1.165) is 38.5 Å². The van der Waals surface area contributed by atoms with Crippen LogP contribution in [0.5, 0.6) is 0 Å². The lowest BCUT2D eigenvalue weighted by Gasteiger charge is -2.18. The second-order valence-electron chi connectivity index (χ2n) is 17.8. The van der Waals surface area contributed by atoms with Crippen LogP contribution in [0.25, 0.3) is 0 Å². The summed E-state index contributed by atoms with van der Waals surface area (Å²) in [6.45, 7) is 7.84. The summed E-state index contributed by atoms with van der Waals surface area (Å²) in [6.07, 6.45) is 56.7. The Labute approximate surface area is 363 Å². The van der Waals surface area contributed by atoms with Gasteiger partial charge in [-0.15, -0.1) is 0 Å². The number of carbonyl (C=O) groups is 2. The van der Waals surface area contributed by atoms with Gasteiger partial charge in [-0.2, -0.15) is 0 Å². The van der Waals surface area contributed by atoms with Crippen molar-refractivity contribution in [2.45, 2.75) is 297 Å². The van der Waals surface area contributed by atoms with Gasteiger partial charge < -0.3 is 14.2 Å². The Hall–Kier alpha value is -1.36. The topological polar surface area (TPSA) is 61.8 Å². The summed E-state index contributed by atoms with van der Waals surface area (Å²) in [6, 6.07) is 0. The van der Waals surface area contributed by atoms with Crippen LogP contribution >= 0.6 is 0 Å². The fraction of sp³-hybridized carbons (Fsp3) is 0.925. The maximum Gasteiger partial charge on any atom is 0.306 e. The van der Waals surface area contributed by atoms with E-state index in [2.05, 4.69) is 32.9 Å². The summed E-state index contributed by atoms with van der Waals surface area (Å²) < 4.78 is 17.3. The van der Waals surface area contributed by atoms with Crippen molar-refractivity contribution in [3.63, 3.8) is 0 Å². The highest BCUT2D eigenvalue weighted by Gasteiger charge is 2.17. The smallest absolute Gasteiger partial charge is 0.306 e. The van der Waals surface area contributed by atoms with Crippen molar-refractivity contribution in [3.8, 4) is 0 Å². The molecule has 0 spiro atoms. The summed E-state index contributed by atoms with van der Waals surface area (Å²) in [5.74, 6) is -0.394. The van der Waals surface area contributed by atoms with Crippen LogP contribution in [0.2, 0.25) is 0 Å². The van der Waals surface area contributed by atoms with E-state index in [0.29, 0.717) is 26.1 Å². The zero-order valence-electron chi connectivity index (χ0n) is 39.6. The van der Waals surface area contributed by atoms with E-state index in [1.165, 1.54) is 218 Å². The molecule has 344 valence electrons. The highest BCUT2D eigenvalue weighted by molar-refractivity contribution is 5.70. The molecule has 0 rings (SSSR count). The maximum atomic E-state index is 12.7. The molecule has 0 fully saturated rings. The molecule has 1 atom stereocenters. The third kappa shape index (κ3) is 47.3. The molecule has 0 saturated carbocycles. The molecule has 0 N–H and O–H groups in total. The highest BCUT2D eigenvalue weighted by Crippen LogP contribution is 2.16. The van der Waals surface area contributed by atoms with E-state index < -0.39 is 6.10 Å². The van der Waals surface area contributed by atoms with Crippen molar-refractivity contribution in [2.75, 3.05) is 19.8 Å². The fourth-order valence-electron chi connectivity index (χ4n) is 7.86. The van der Waals surface area contributed by atoms with Crippen LogP contribution in [0, 0.1) is 0 Å². The first kappa shape index (κ1) is 56.6. The molecule has 0 aromatic rings. The van der Waals surface area contributed by atoms with Gasteiger partial charge in [0.25, 0.3) is 0 Å². The monoisotopic (exact) mass is 819 g/mol. The lowest BCUT2D eigenvalue weighted by molar-refractivity contribution is -0.163. The third-order valence-electron chi connectivity index (χ3n) is 11.8. The van der Waals surface area contributed by atoms with Crippen LogP contribution in [0.1, 0.15) is 290 Å². The SMILES string of the molecule is CCCCCCCC/C=C\CCCCCCCC(=O)OCC(COCCCCCCCCCCCCCCCCCCCCCC)OC(=O)CCCCCCCCC. The number of hydrogen-bond donors (Lipinski definition) is 0. The highest BCUT2D eigenvalue weighted by atomic mass is 16.6. The fourth-order valence-corrected chi connectivity index (χ4v) is 7.86. The van der Waals surface area contributed by atoms with E-state index in [1.54, 1.807) is 0 Å². The predicted octanol–water partition coefficient (Wildman–Crippen LogP) is 17.5. The number of rotatable bonds is 49. The van der Waals surface area contributed by atoms with Crippen molar-refractivity contribution in [3.05, 3.63) is 12.2 Å². The zero-order valence-corrected chi connectivity index (χ0v) is 39.6. The molecule has 5 heteroatoms. The molecular formula is C53H102O5. The Morgan fingerprint density at radius 2 is 0.672 bits per heavy atom. The standard InChI is InChI=1S/C53H102O5/c1-4-7-10-13-16-18-20-22-24-25-26-27-28-30-32-34-36-39-42-45-48-56-49-51(58-53(55)47-44-41-37-15-12-9-6-3)50-57-52(54)46-43-40-38-35-33-31-29-23-21-19-17-14-11-8-5-2/h23,29,51H,4-22,24-28,30-50H2,1-3H3/b29-23-. The first-order chi connectivity index (χ1) is 28.6. The molecule has 0 radical (unpaired) electrons. The Bertz CT molecular complexity index is 840. The van der Waals surface area contributed by atoms with Gasteiger partial charge in [0.15, 0.2) is 6.10 Å². The number of unbranched alkanes of at least 4 members (excludes halogenated alkanes) is 36. The Morgan fingerprint density at radius 3 is 1.05 bits per heavy atom. The van der Waals surface area contributed by atoms with Crippen LogP contribution in [-0.2, 0) is 23.8 Å². The van der Waals surface area contributed by atoms with Gasteiger partial charge in [-0.05, 0) is 44.9 Å². The Kier molecular flexibility index (Phi) is 48.8. The Morgan fingerprint density at radius 1 is 0.362 bits per heavy atom. The van der Waals surface area contributed by atoms with E-state index >= 15 is 0 Å². The van der Waals surface area contributed by atoms with Crippen molar-refractivity contribution in [2.24, 2.45) is 0 Å². The molecule has 0 aromatic heterocycles. The van der Waals surface area contributed by atoms with Gasteiger partial charge >= 0.3 is 11.9 Å². The van der Waals surface area contributed by atoms with Gasteiger partial charge in [0.1, 0.15) is 6.61 Å². The van der Waals surface area contributed by atoms with Gasteiger partial charge in [0.05, 0.1) is 6.61 Å². The lowest BCUT2D eigenvalue weighted by Crippen LogP contribution is -2.30. The summed E-state index contributed by atoms with van der Waals surface area (Å²) in [7, 11) is 0. The second-order valence-corrected chi connectivity index (χ2v) is 17.8. The van der Waals surface area contributed by atoms with E-state index in [-0.39, 0.29) is 18.5 Å². The molecule has 1 unspecified atom stereocenters. The normalized spacial score (nSPS) is 12.1. The summed E-state index contributed by atoms with van der Waals surface area (Å²) in [4.78, 5) is 25.2. The number of ether oxygens (including phenoxy) is 3. The first-order valence-electron chi connectivity index (χ1n) is 26.2. The quantitative estimate of drug-likeness (QED) is 0.0348. The van der Waals surface area contributed by atoms with Gasteiger partial charge in [0.2, 0.25) is 0 Å². The van der Waals surface area contributed by atoms with Gasteiger partial charge in [-0.1, -0.05) is 245 Å². The molecular weight excluding hydrogens is 717 g/mol. The second kappa shape index (κ2) is 50.0.